The van der Waals surface area contributed by atoms with Crippen molar-refractivity contribution in [2.45, 2.75) is 13.0 Å². The van der Waals surface area contributed by atoms with Gasteiger partial charge in [0.15, 0.2) is 16.7 Å². The number of nitrogens with zero attached hydrogens (tertiary/aromatic N) is 3. The van der Waals surface area contributed by atoms with Crippen molar-refractivity contribution in [3.63, 3.8) is 0 Å². The van der Waals surface area contributed by atoms with Crippen molar-refractivity contribution in [1.29, 1.82) is 0 Å². The van der Waals surface area contributed by atoms with Crippen LogP contribution in [0.25, 0.3) is 10.2 Å². The number of aliphatic hydroxyl groups excluding tert-OH is 1. The van der Waals surface area contributed by atoms with Crippen molar-refractivity contribution in [3.05, 3.63) is 89.3 Å². The molecule has 4 aromatic rings. The summed E-state index contributed by atoms with van der Waals surface area (Å²) in [5.41, 5.74) is 2.34. The van der Waals surface area contributed by atoms with Gasteiger partial charge in [0.1, 0.15) is 0 Å². The quantitative estimate of drug-likeness (QED) is 0.495. The van der Waals surface area contributed by atoms with Crippen LogP contribution in [0.1, 0.15) is 27.7 Å². The number of pyridine rings is 1. The number of hydrogen-bond acceptors (Lipinski definition) is 7. The molecule has 1 N–H and O–H groups in total. The number of anilines is 1. The van der Waals surface area contributed by atoms with Gasteiger partial charge in [-0.15, -0.1) is 0 Å². The van der Waals surface area contributed by atoms with E-state index < -0.39 is 23.5 Å². The third kappa shape index (κ3) is 2.81. The van der Waals surface area contributed by atoms with Crippen molar-refractivity contribution in [2.75, 3.05) is 4.90 Å². The molecule has 4 heterocycles. The van der Waals surface area contributed by atoms with Gasteiger partial charge >= 0.3 is 0 Å². The lowest BCUT2D eigenvalue weighted by atomic mass is 9.96. The number of thiazole rings is 1. The van der Waals surface area contributed by atoms with Crippen LogP contribution >= 0.6 is 11.3 Å². The van der Waals surface area contributed by atoms with Crippen LogP contribution in [0.4, 0.5) is 5.13 Å². The number of carbonyl (C=O) groups excluding carboxylic acids is 2. The Morgan fingerprint density at radius 3 is 2.83 bits per heavy atom. The van der Waals surface area contributed by atoms with E-state index in [9.17, 15) is 14.7 Å². The maximum absolute atomic E-state index is 13.1. The zero-order chi connectivity index (χ0) is 20.8. The molecule has 8 heteroatoms. The molecule has 0 saturated heterocycles. The Morgan fingerprint density at radius 1 is 1.23 bits per heavy atom. The van der Waals surface area contributed by atoms with Crippen LogP contribution in [-0.4, -0.2) is 26.8 Å². The molecule has 0 saturated carbocycles. The van der Waals surface area contributed by atoms with Crippen LogP contribution in [0.15, 0.2) is 76.9 Å². The minimum atomic E-state index is -0.870. The molecular weight excluding hydrogens is 402 g/mol. The Hall–Kier alpha value is -3.78. The summed E-state index contributed by atoms with van der Waals surface area (Å²) in [7, 11) is 0. The Kier molecular flexibility index (Phi) is 4.22. The van der Waals surface area contributed by atoms with Crippen molar-refractivity contribution < 1.29 is 19.1 Å². The number of hydrogen-bond donors (Lipinski definition) is 1. The number of aromatic nitrogens is 2. The summed E-state index contributed by atoms with van der Waals surface area (Å²) in [6, 6.07) is 11.5. The summed E-state index contributed by atoms with van der Waals surface area (Å²) in [6.07, 6.45) is 4.54. The average molecular weight is 417 g/mol. The van der Waals surface area contributed by atoms with Gasteiger partial charge < -0.3 is 9.52 Å². The summed E-state index contributed by atoms with van der Waals surface area (Å²) in [5, 5.41) is 11.1. The fourth-order valence-corrected chi connectivity index (χ4v) is 4.64. The monoisotopic (exact) mass is 417 g/mol. The largest absolute Gasteiger partial charge is 0.503 e. The SMILES string of the molecule is Cc1ccc2nc(N3C(=O)C(O)=C(C(=O)c4ccco4)[C@H]3c3cccnc3)sc2c1. The highest BCUT2D eigenvalue weighted by molar-refractivity contribution is 7.22. The predicted molar refractivity (Wildman–Crippen MR) is 112 cm³/mol. The fraction of sp³-hybridized carbons (Fsp3) is 0.0909. The van der Waals surface area contributed by atoms with E-state index in [1.54, 1.807) is 30.6 Å². The molecular formula is C22H15N3O4S. The molecule has 0 unspecified atom stereocenters. The van der Waals surface area contributed by atoms with E-state index in [-0.39, 0.29) is 11.3 Å². The van der Waals surface area contributed by atoms with Crippen LogP contribution in [0.5, 0.6) is 0 Å². The second-order valence-electron chi connectivity index (χ2n) is 6.90. The topological polar surface area (TPSA) is 96.5 Å². The number of aryl methyl sites for hydroxylation is 1. The maximum Gasteiger partial charge on any atom is 0.296 e. The lowest BCUT2D eigenvalue weighted by molar-refractivity contribution is -0.117. The molecule has 5 rings (SSSR count). The molecule has 1 aliphatic heterocycles. The van der Waals surface area contributed by atoms with E-state index >= 15 is 0 Å². The minimum absolute atomic E-state index is 0.0417. The number of carbonyl (C=O) groups is 2. The van der Waals surface area contributed by atoms with E-state index in [2.05, 4.69) is 9.97 Å². The molecule has 1 amide bonds. The Bertz CT molecular complexity index is 1310. The Labute approximate surface area is 174 Å². The van der Waals surface area contributed by atoms with Gasteiger partial charge in [-0.05, 0) is 48.4 Å². The highest BCUT2D eigenvalue weighted by Gasteiger charge is 2.46. The smallest absolute Gasteiger partial charge is 0.296 e. The van der Waals surface area contributed by atoms with Crippen molar-refractivity contribution in [2.24, 2.45) is 0 Å². The van der Waals surface area contributed by atoms with Crippen molar-refractivity contribution >= 4 is 38.4 Å². The summed E-state index contributed by atoms with van der Waals surface area (Å²) in [6.45, 7) is 1.98. The maximum atomic E-state index is 13.1. The van der Waals surface area contributed by atoms with E-state index in [4.69, 9.17) is 4.42 Å². The van der Waals surface area contributed by atoms with Crippen LogP contribution in [-0.2, 0) is 4.79 Å². The molecule has 1 aliphatic rings. The number of amides is 1. The molecule has 0 radical (unpaired) electrons. The summed E-state index contributed by atoms with van der Waals surface area (Å²) in [4.78, 5) is 36.3. The van der Waals surface area contributed by atoms with Crippen molar-refractivity contribution in [3.8, 4) is 0 Å². The van der Waals surface area contributed by atoms with Gasteiger partial charge in [-0.1, -0.05) is 23.5 Å². The summed E-state index contributed by atoms with van der Waals surface area (Å²) >= 11 is 1.33. The van der Waals surface area contributed by atoms with Gasteiger partial charge in [-0.2, -0.15) is 0 Å². The van der Waals surface area contributed by atoms with E-state index in [0.717, 1.165) is 15.8 Å². The number of fused-ring (bicyclic) bond motifs is 1. The van der Waals surface area contributed by atoms with Crippen LogP contribution < -0.4 is 4.90 Å². The first kappa shape index (κ1) is 18.3. The third-order valence-corrected chi connectivity index (χ3v) is 5.95. The van der Waals surface area contributed by atoms with E-state index in [0.29, 0.717) is 10.7 Å². The third-order valence-electron chi connectivity index (χ3n) is 4.94. The Balaban J connectivity index is 1.68. The average Bonchev–Trinajstić information content (AvgIpc) is 3.47. The van der Waals surface area contributed by atoms with Gasteiger partial charge in [0.05, 0.1) is 28.1 Å². The standard InChI is InChI=1S/C22H15N3O4S/c1-12-6-7-14-16(10-12)30-22(24-14)25-18(13-4-2-8-23-11-13)17(20(27)21(25)28)19(26)15-5-3-9-29-15/h2-11,18,27H,1H3/t18-/m1/s1. The second kappa shape index (κ2) is 6.93. The van der Waals surface area contributed by atoms with E-state index in [1.165, 1.54) is 28.6 Å². The zero-order valence-electron chi connectivity index (χ0n) is 15.8. The molecule has 0 fully saturated rings. The zero-order valence-corrected chi connectivity index (χ0v) is 16.6. The minimum Gasteiger partial charge on any atom is -0.503 e. The number of ketones is 1. The molecule has 0 spiro atoms. The number of benzene rings is 1. The first-order chi connectivity index (χ1) is 14.5. The van der Waals surface area contributed by atoms with Crippen LogP contribution in [0, 0.1) is 6.92 Å². The molecule has 1 atom stereocenters. The fourth-order valence-electron chi connectivity index (χ4n) is 3.55. The molecule has 30 heavy (non-hydrogen) atoms. The van der Waals surface area contributed by atoms with Gasteiger partial charge in [0.2, 0.25) is 5.78 Å². The second-order valence-corrected chi connectivity index (χ2v) is 7.91. The Morgan fingerprint density at radius 2 is 2.10 bits per heavy atom. The molecule has 7 nitrogen and oxygen atoms in total. The lowest BCUT2D eigenvalue weighted by Crippen LogP contribution is -2.31. The highest BCUT2D eigenvalue weighted by Crippen LogP contribution is 2.44. The van der Waals surface area contributed by atoms with Crippen molar-refractivity contribution in [1.82, 2.24) is 9.97 Å². The lowest BCUT2D eigenvalue weighted by Gasteiger charge is -2.23. The number of rotatable bonds is 4. The first-order valence-corrected chi connectivity index (χ1v) is 9.98. The number of aliphatic hydroxyl groups is 1. The normalized spacial score (nSPS) is 16.6. The summed E-state index contributed by atoms with van der Waals surface area (Å²) < 4.78 is 6.13. The number of Topliss-reactive ketones (excluding diaryl/α,β-unsaturated/α-hetero) is 1. The van der Waals surface area contributed by atoms with Crippen LogP contribution in [0.3, 0.4) is 0 Å². The number of furan rings is 1. The highest BCUT2D eigenvalue weighted by atomic mass is 32.1. The van der Waals surface area contributed by atoms with Gasteiger partial charge in [-0.3, -0.25) is 19.5 Å². The first-order valence-electron chi connectivity index (χ1n) is 9.16. The molecule has 3 aromatic heterocycles. The predicted octanol–water partition coefficient (Wildman–Crippen LogP) is 4.38. The van der Waals surface area contributed by atoms with Gasteiger partial charge in [-0.25, -0.2) is 4.98 Å². The van der Waals surface area contributed by atoms with Gasteiger partial charge in [0.25, 0.3) is 5.91 Å². The van der Waals surface area contributed by atoms with Crippen LogP contribution in [0.2, 0.25) is 0 Å². The molecule has 0 aliphatic carbocycles. The van der Waals surface area contributed by atoms with E-state index in [1.807, 2.05) is 25.1 Å². The summed E-state index contributed by atoms with van der Waals surface area (Å²) in [5.74, 6) is -1.81. The molecule has 148 valence electrons. The van der Waals surface area contributed by atoms with Gasteiger partial charge in [0, 0.05) is 12.4 Å². The molecule has 1 aromatic carbocycles. The molecule has 0 bridgehead atoms.